The molecule has 0 atom stereocenters. The number of hydrogen-bond acceptors (Lipinski definition) is 3. The van der Waals surface area contributed by atoms with Crippen molar-refractivity contribution < 1.29 is 9.53 Å². The number of nitrogens with one attached hydrogen (secondary N) is 1. The van der Waals surface area contributed by atoms with Gasteiger partial charge < -0.3 is 15.0 Å². The maximum atomic E-state index is 12.5. The molecule has 1 aromatic carbocycles. The second kappa shape index (κ2) is 7.75. The molecule has 1 aliphatic carbocycles. The summed E-state index contributed by atoms with van der Waals surface area (Å²) in [7, 11) is 0. The van der Waals surface area contributed by atoms with Gasteiger partial charge in [0.15, 0.2) is 0 Å². The normalized spacial score (nSPS) is 25.9. The summed E-state index contributed by atoms with van der Waals surface area (Å²) >= 11 is 0. The molecule has 2 fully saturated rings. The predicted octanol–water partition coefficient (Wildman–Crippen LogP) is 2.19. The van der Waals surface area contributed by atoms with Gasteiger partial charge in [0, 0.05) is 31.6 Å². The smallest absolute Gasteiger partial charge is 0.225 e. The van der Waals surface area contributed by atoms with E-state index < -0.39 is 0 Å². The third-order valence-electron chi connectivity index (χ3n) is 4.84. The number of benzene rings is 1. The van der Waals surface area contributed by atoms with Crippen LogP contribution >= 0.6 is 0 Å². The quantitative estimate of drug-likeness (QED) is 0.927. The zero-order valence-electron chi connectivity index (χ0n) is 13.2. The minimum Gasteiger partial charge on any atom is -0.378 e. The van der Waals surface area contributed by atoms with E-state index in [0.717, 1.165) is 45.3 Å². The number of nitrogens with zero attached hydrogens (tertiary/aromatic N) is 1. The van der Waals surface area contributed by atoms with E-state index in [0.29, 0.717) is 25.2 Å². The molecule has 22 heavy (non-hydrogen) atoms. The third kappa shape index (κ3) is 4.08. The van der Waals surface area contributed by atoms with Crippen LogP contribution in [0.15, 0.2) is 30.3 Å². The molecule has 120 valence electrons. The Balaban J connectivity index is 1.41. The number of hydrogen-bond donors (Lipinski definition) is 1. The van der Waals surface area contributed by atoms with Crippen LogP contribution in [-0.4, -0.2) is 43.2 Å². The maximum Gasteiger partial charge on any atom is 0.225 e. The van der Waals surface area contributed by atoms with E-state index in [-0.39, 0.29) is 5.92 Å². The van der Waals surface area contributed by atoms with E-state index in [4.69, 9.17) is 4.74 Å². The van der Waals surface area contributed by atoms with Crippen LogP contribution in [0.25, 0.3) is 0 Å². The van der Waals surface area contributed by atoms with E-state index in [2.05, 4.69) is 29.6 Å². The Bertz CT molecular complexity index is 463. The first-order valence-electron chi connectivity index (χ1n) is 8.47. The molecule has 1 heterocycles. The van der Waals surface area contributed by atoms with Crippen LogP contribution in [0.3, 0.4) is 0 Å². The van der Waals surface area contributed by atoms with Gasteiger partial charge in [-0.3, -0.25) is 4.79 Å². The number of carbonyl (C=O) groups excluding carboxylic acids is 1. The molecule has 0 bridgehead atoms. The Morgan fingerprint density at radius 3 is 2.45 bits per heavy atom. The summed E-state index contributed by atoms with van der Waals surface area (Å²) in [6.07, 6.45) is 4.24. The molecule has 1 N–H and O–H groups in total. The van der Waals surface area contributed by atoms with Gasteiger partial charge in [0.2, 0.25) is 5.91 Å². The Morgan fingerprint density at radius 2 is 1.77 bits per heavy atom. The molecule has 1 saturated heterocycles. The molecule has 0 unspecified atom stereocenters. The number of rotatable bonds is 4. The molecule has 1 aliphatic heterocycles. The molecule has 0 spiro atoms. The first-order chi connectivity index (χ1) is 10.8. The van der Waals surface area contributed by atoms with E-state index in [1.165, 1.54) is 5.56 Å². The van der Waals surface area contributed by atoms with E-state index in [9.17, 15) is 4.79 Å². The summed E-state index contributed by atoms with van der Waals surface area (Å²) in [6, 6.07) is 11.1. The predicted molar refractivity (Wildman–Crippen MR) is 86.4 cm³/mol. The first kappa shape index (κ1) is 15.5. The number of ether oxygens (including phenoxy) is 1. The van der Waals surface area contributed by atoms with Crippen LogP contribution in [0.4, 0.5) is 0 Å². The van der Waals surface area contributed by atoms with Gasteiger partial charge in [0.25, 0.3) is 0 Å². The summed E-state index contributed by atoms with van der Waals surface area (Å²) in [5.41, 5.74) is 1.33. The Labute approximate surface area is 132 Å². The molecule has 0 aromatic heterocycles. The van der Waals surface area contributed by atoms with Crippen molar-refractivity contribution in [1.29, 1.82) is 0 Å². The summed E-state index contributed by atoms with van der Waals surface area (Å²) in [5, 5.41) is 3.63. The highest BCUT2D eigenvalue weighted by atomic mass is 16.5. The topological polar surface area (TPSA) is 41.6 Å². The zero-order chi connectivity index (χ0) is 15.2. The lowest BCUT2D eigenvalue weighted by Crippen LogP contribution is -2.45. The number of carbonyl (C=O) groups is 1. The van der Waals surface area contributed by atoms with Crippen molar-refractivity contribution >= 4 is 5.91 Å². The molecule has 4 nitrogen and oxygen atoms in total. The fourth-order valence-electron chi connectivity index (χ4n) is 3.44. The summed E-state index contributed by atoms with van der Waals surface area (Å²) < 4.78 is 5.32. The lowest BCUT2D eigenvalue weighted by atomic mass is 9.85. The summed E-state index contributed by atoms with van der Waals surface area (Å²) in [5.74, 6) is 0.581. The molecular formula is C18H26N2O2. The van der Waals surface area contributed by atoms with Crippen LogP contribution in [0.1, 0.15) is 31.2 Å². The van der Waals surface area contributed by atoms with Crippen molar-refractivity contribution in [3.05, 3.63) is 35.9 Å². The van der Waals surface area contributed by atoms with E-state index in [1.807, 2.05) is 11.0 Å². The van der Waals surface area contributed by atoms with Crippen molar-refractivity contribution in [2.75, 3.05) is 26.3 Å². The molecule has 2 aliphatic rings. The second-order valence-electron chi connectivity index (χ2n) is 6.35. The molecular weight excluding hydrogens is 276 g/mol. The van der Waals surface area contributed by atoms with Crippen molar-refractivity contribution in [1.82, 2.24) is 10.2 Å². The van der Waals surface area contributed by atoms with Crippen LogP contribution in [0.5, 0.6) is 0 Å². The molecule has 0 radical (unpaired) electrons. The Hall–Kier alpha value is -1.39. The van der Waals surface area contributed by atoms with Crippen LogP contribution in [-0.2, 0) is 16.1 Å². The van der Waals surface area contributed by atoms with Gasteiger partial charge in [-0.05, 0) is 31.2 Å². The molecule has 4 heteroatoms. The maximum absolute atomic E-state index is 12.5. The van der Waals surface area contributed by atoms with Gasteiger partial charge in [-0.15, -0.1) is 0 Å². The molecule has 1 aromatic rings. The molecule has 1 amide bonds. The van der Waals surface area contributed by atoms with E-state index >= 15 is 0 Å². The lowest BCUT2D eigenvalue weighted by Gasteiger charge is -2.34. The summed E-state index contributed by atoms with van der Waals surface area (Å²) in [6.45, 7) is 3.85. The molecule has 3 rings (SSSR count). The zero-order valence-corrected chi connectivity index (χ0v) is 13.2. The van der Waals surface area contributed by atoms with Gasteiger partial charge in [-0.2, -0.15) is 0 Å². The molecule has 1 saturated carbocycles. The highest BCUT2D eigenvalue weighted by molar-refractivity contribution is 5.79. The van der Waals surface area contributed by atoms with Gasteiger partial charge >= 0.3 is 0 Å². The third-order valence-corrected chi connectivity index (χ3v) is 4.84. The van der Waals surface area contributed by atoms with Crippen LogP contribution < -0.4 is 5.32 Å². The van der Waals surface area contributed by atoms with Gasteiger partial charge in [-0.1, -0.05) is 30.3 Å². The number of amides is 1. The average Bonchev–Trinajstić information content (AvgIpc) is 2.61. The van der Waals surface area contributed by atoms with Crippen LogP contribution in [0, 0.1) is 5.92 Å². The second-order valence-corrected chi connectivity index (χ2v) is 6.35. The largest absolute Gasteiger partial charge is 0.378 e. The van der Waals surface area contributed by atoms with Crippen LogP contribution in [0.2, 0.25) is 0 Å². The highest BCUT2D eigenvalue weighted by Gasteiger charge is 2.29. The van der Waals surface area contributed by atoms with Gasteiger partial charge in [-0.25, -0.2) is 0 Å². The van der Waals surface area contributed by atoms with Crippen molar-refractivity contribution in [3.63, 3.8) is 0 Å². The van der Waals surface area contributed by atoms with Gasteiger partial charge in [0.05, 0.1) is 13.2 Å². The van der Waals surface area contributed by atoms with Crippen molar-refractivity contribution in [2.24, 2.45) is 5.92 Å². The summed E-state index contributed by atoms with van der Waals surface area (Å²) in [4.78, 5) is 14.5. The Kier molecular flexibility index (Phi) is 5.46. The Morgan fingerprint density at radius 1 is 1.09 bits per heavy atom. The fourth-order valence-corrected chi connectivity index (χ4v) is 3.44. The van der Waals surface area contributed by atoms with Crippen molar-refractivity contribution in [3.8, 4) is 0 Å². The monoisotopic (exact) mass is 302 g/mol. The van der Waals surface area contributed by atoms with Crippen molar-refractivity contribution in [2.45, 2.75) is 38.3 Å². The lowest BCUT2D eigenvalue weighted by molar-refractivity contribution is -0.140. The highest BCUT2D eigenvalue weighted by Crippen LogP contribution is 2.26. The average molecular weight is 302 g/mol. The standard InChI is InChI=1S/C18H26N2O2/c21-18(20-10-12-22-13-11-20)16-6-8-17(9-7-16)19-14-15-4-2-1-3-5-15/h1-5,16-17,19H,6-14H2. The number of morpholine rings is 1. The SMILES string of the molecule is O=C(C1CCC(NCc2ccccc2)CC1)N1CCOCC1. The minimum atomic E-state index is 0.230. The first-order valence-corrected chi connectivity index (χ1v) is 8.47. The fraction of sp³-hybridized carbons (Fsp3) is 0.611. The van der Waals surface area contributed by atoms with Gasteiger partial charge in [0.1, 0.15) is 0 Å². The van der Waals surface area contributed by atoms with E-state index in [1.54, 1.807) is 0 Å². The minimum absolute atomic E-state index is 0.230.